The minimum atomic E-state index is -4.81. The first-order valence-electron chi connectivity index (χ1n) is 8.20. The van der Waals surface area contributed by atoms with Gasteiger partial charge in [-0.15, -0.1) is 13.2 Å². The summed E-state index contributed by atoms with van der Waals surface area (Å²) in [5.74, 6) is -0.999. The van der Waals surface area contributed by atoms with E-state index in [9.17, 15) is 18.0 Å². The van der Waals surface area contributed by atoms with Crippen LogP contribution in [0.4, 0.5) is 18.9 Å². The summed E-state index contributed by atoms with van der Waals surface area (Å²) in [4.78, 5) is 12.2. The highest BCUT2D eigenvalue weighted by Crippen LogP contribution is 2.23. The zero-order chi connectivity index (χ0) is 18.6. The maximum Gasteiger partial charge on any atom is 0.573 e. The van der Waals surface area contributed by atoms with E-state index in [0.29, 0.717) is 12.2 Å². The molecule has 9 heteroatoms. The summed E-state index contributed by atoms with van der Waals surface area (Å²) >= 11 is 0. The lowest BCUT2D eigenvalue weighted by Gasteiger charge is -2.22. The Morgan fingerprint density at radius 1 is 1.38 bits per heavy atom. The van der Waals surface area contributed by atoms with Crippen molar-refractivity contribution in [2.24, 2.45) is 0 Å². The number of alkyl halides is 3. The maximum atomic E-state index is 12.3. The standard InChI is InChI=1S/C17H18F3N3O3/c18-17(19,20)26-14-6-3-4-12(8-14)16(24)22-13-9-21-23(10-13)11-15-5-1-2-7-25-15/h3-4,6,8-10,15H,1-2,5,7,11H2,(H,22,24). The van der Waals surface area contributed by atoms with Crippen LogP contribution >= 0.6 is 0 Å². The van der Waals surface area contributed by atoms with Crippen molar-refractivity contribution >= 4 is 11.6 Å². The number of halogens is 3. The third-order valence-electron chi connectivity index (χ3n) is 3.89. The smallest absolute Gasteiger partial charge is 0.406 e. The second kappa shape index (κ2) is 7.77. The van der Waals surface area contributed by atoms with Gasteiger partial charge in [0.15, 0.2) is 0 Å². The molecule has 26 heavy (non-hydrogen) atoms. The summed E-state index contributed by atoms with van der Waals surface area (Å²) < 4.78 is 48.0. The molecular weight excluding hydrogens is 351 g/mol. The van der Waals surface area contributed by atoms with Crippen LogP contribution in [0.1, 0.15) is 29.6 Å². The number of nitrogens with one attached hydrogen (secondary N) is 1. The van der Waals surface area contributed by atoms with E-state index >= 15 is 0 Å². The van der Waals surface area contributed by atoms with E-state index in [1.54, 1.807) is 10.9 Å². The Morgan fingerprint density at radius 2 is 2.23 bits per heavy atom. The van der Waals surface area contributed by atoms with E-state index in [0.717, 1.165) is 38.0 Å². The predicted octanol–water partition coefficient (Wildman–Crippen LogP) is 3.60. The van der Waals surface area contributed by atoms with E-state index in [1.165, 1.54) is 18.3 Å². The molecule has 3 rings (SSSR count). The Balaban J connectivity index is 1.60. The van der Waals surface area contributed by atoms with Gasteiger partial charge in [-0.2, -0.15) is 5.10 Å². The Kier molecular flexibility index (Phi) is 5.46. The molecule has 1 aromatic carbocycles. The van der Waals surface area contributed by atoms with Crippen molar-refractivity contribution in [1.29, 1.82) is 0 Å². The highest BCUT2D eigenvalue weighted by molar-refractivity contribution is 6.04. The molecule has 0 bridgehead atoms. The second-order valence-electron chi connectivity index (χ2n) is 5.97. The van der Waals surface area contributed by atoms with Gasteiger partial charge in [-0.3, -0.25) is 9.48 Å². The maximum absolute atomic E-state index is 12.3. The van der Waals surface area contributed by atoms with Crippen molar-refractivity contribution in [1.82, 2.24) is 9.78 Å². The number of carbonyl (C=O) groups excluding carboxylic acids is 1. The van der Waals surface area contributed by atoms with Crippen LogP contribution in [0.2, 0.25) is 0 Å². The number of hydrogen-bond donors (Lipinski definition) is 1. The molecular formula is C17H18F3N3O3. The zero-order valence-corrected chi connectivity index (χ0v) is 13.8. The monoisotopic (exact) mass is 369 g/mol. The first-order chi connectivity index (χ1) is 12.4. The van der Waals surface area contributed by atoms with E-state index in [-0.39, 0.29) is 11.7 Å². The van der Waals surface area contributed by atoms with Gasteiger partial charge in [-0.25, -0.2) is 0 Å². The minimum Gasteiger partial charge on any atom is -0.406 e. The molecule has 1 aliphatic rings. The van der Waals surface area contributed by atoms with E-state index in [1.807, 2.05) is 0 Å². The molecule has 1 N–H and O–H groups in total. The topological polar surface area (TPSA) is 65.4 Å². The fourth-order valence-electron chi connectivity index (χ4n) is 2.73. The van der Waals surface area contributed by atoms with Crippen LogP contribution in [-0.4, -0.2) is 34.8 Å². The van der Waals surface area contributed by atoms with Crippen molar-refractivity contribution in [3.8, 4) is 5.75 Å². The van der Waals surface area contributed by atoms with Crippen molar-refractivity contribution in [3.05, 3.63) is 42.2 Å². The molecule has 2 heterocycles. The highest BCUT2D eigenvalue weighted by atomic mass is 19.4. The average molecular weight is 369 g/mol. The van der Waals surface area contributed by atoms with E-state index < -0.39 is 18.0 Å². The molecule has 1 unspecified atom stereocenters. The van der Waals surface area contributed by atoms with Crippen LogP contribution in [0.3, 0.4) is 0 Å². The van der Waals surface area contributed by atoms with E-state index in [4.69, 9.17) is 4.74 Å². The van der Waals surface area contributed by atoms with Gasteiger partial charge in [0.2, 0.25) is 0 Å². The molecule has 0 saturated carbocycles. The fraction of sp³-hybridized carbons (Fsp3) is 0.412. The van der Waals surface area contributed by atoms with Crippen LogP contribution in [0.15, 0.2) is 36.7 Å². The molecule has 1 fully saturated rings. The number of aromatic nitrogens is 2. The number of carbonyl (C=O) groups is 1. The largest absolute Gasteiger partial charge is 0.573 e. The lowest BCUT2D eigenvalue weighted by Crippen LogP contribution is -2.24. The summed E-state index contributed by atoms with van der Waals surface area (Å²) in [5.41, 5.74) is 0.503. The lowest BCUT2D eigenvalue weighted by molar-refractivity contribution is -0.274. The molecule has 6 nitrogen and oxygen atoms in total. The Hall–Kier alpha value is -2.55. The molecule has 1 aromatic heterocycles. The molecule has 2 aromatic rings. The third-order valence-corrected chi connectivity index (χ3v) is 3.89. The van der Waals surface area contributed by atoms with Crippen molar-refractivity contribution < 1.29 is 27.4 Å². The molecule has 1 amide bonds. The van der Waals surface area contributed by atoms with Gasteiger partial charge < -0.3 is 14.8 Å². The van der Waals surface area contributed by atoms with Gasteiger partial charge in [-0.05, 0) is 37.5 Å². The number of ether oxygens (including phenoxy) is 2. The molecule has 1 aliphatic heterocycles. The molecule has 0 aliphatic carbocycles. The summed E-state index contributed by atoms with van der Waals surface area (Å²) in [6.07, 6.45) is 1.58. The number of nitrogens with zero attached hydrogens (tertiary/aromatic N) is 2. The summed E-state index contributed by atoms with van der Waals surface area (Å²) in [6.45, 7) is 1.33. The SMILES string of the molecule is O=C(Nc1cnn(CC2CCCCO2)c1)c1cccc(OC(F)(F)F)c1. The Bertz CT molecular complexity index is 755. The number of benzene rings is 1. The number of rotatable bonds is 5. The van der Waals surface area contributed by atoms with Crippen LogP contribution in [0, 0.1) is 0 Å². The molecule has 1 atom stereocenters. The minimum absolute atomic E-state index is 0.0510. The number of hydrogen-bond acceptors (Lipinski definition) is 4. The second-order valence-corrected chi connectivity index (χ2v) is 5.97. The van der Waals surface area contributed by atoms with Gasteiger partial charge in [-0.1, -0.05) is 6.07 Å². The average Bonchev–Trinajstić information content (AvgIpc) is 3.01. The van der Waals surface area contributed by atoms with Crippen molar-refractivity contribution in [3.63, 3.8) is 0 Å². The zero-order valence-electron chi connectivity index (χ0n) is 13.8. The summed E-state index contributed by atoms with van der Waals surface area (Å²) in [6, 6.07) is 4.88. The number of anilines is 1. The van der Waals surface area contributed by atoms with Crippen LogP contribution in [0.5, 0.6) is 5.75 Å². The molecule has 140 valence electrons. The van der Waals surface area contributed by atoms with Crippen LogP contribution < -0.4 is 10.1 Å². The quantitative estimate of drug-likeness (QED) is 0.875. The Labute approximate surface area is 147 Å². The normalized spacial score (nSPS) is 17.7. The summed E-state index contributed by atoms with van der Waals surface area (Å²) in [7, 11) is 0. The number of amides is 1. The summed E-state index contributed by atoms with van der Waals surface area (Å²) in [5, 5.41) is 6.78. The van der Waals surface area contributed by atoms with Crippen LogP contribution in [-0.2, 0) is 11.3 Å². The van der Waals surface area contributed by atoms with Crippen molar-refractivity contribution in [2.45, 2.75) is 38.3 Å². The van der Waals surface area contributed by atoms with Gasteiger partial charge in [0.25, 0.3) is 5.91 Å². The van der Waals surface area contributed by atoms with Crippen molar-refractivity contribution in [2.75, 3.05) is 11.9 Å². The highest BCUT2D eigenvalue weighted by Gasteiger charge is 2.31. The van der Waals surface area contributed by atoms with Gasteiger partial charge in [0.05, 0.1) is 24.5 Å². The Morgan fingerprint density at radius 3 is 2.96 bits per heavy atom. The molecule has 0 spiro atoms. The van der Waals surface area contributed by atoms with Crippen LogP contribution in [0.25, 0.3) is 0 Å². The lowest BCUT2D eigenvalue weighted by atomic mass is 10.1. The first-order valence-corrected chi connectivity index (χ1v) is 8.20. The van der Waals surface area contributed by atoms with Gasteiger partial charge >= 0.3 is 6.36 Å². The first kappa shape index (κ1) is 18.2. The third kappa shape index (κ3) is 5.22. The van der Waals surface area contributed by atoms with E-state index in [2.05, 4.69) is 15.2 Å². The van der Waals surface area contributed by atoms with Gasteiger partial charge in [0.1, 0.15) is 5.75 Å². The molecule has 0 radical (unpaired) electrons. The van der Waals surface area contributed by atoms with Gasteiger partial charge in [0, 0.05) is 18.4 Å². The molecule has 1 saturated heterocycles. The fourth-order valence-corrected chi connectivity index (χ4v) is 2.73. The predicted molar refractivity (Wildman–Crippen MR) is 86.9 cm³/mol.